The van der Waals surface area contributed by atoms with Crippen LogP contribution < -0.4 is 49.5 Å². The minimum atomic E-state index is -3.16. The minimum Gasteiger partial charge on any atom is -0.497 e. The van der Waals surface area contributed by atoms with Crippen LogP contribution in [0.4, 0.5) is 22.7 Å². The van der Waals surface area contributed by atoms with E-state index in [1.807, 2.05) is 0 Å². The second kappa shape index (κ2) is 12.4. The maximum Gasteiger partial charge on any atom is 0.188 e. The molecule has 6 nitrogen and oxygen atoms in total. The minimum absolute atomic E-state index is 0.708. The van der Waals surface area contributed by atoms with Gasteiger partial charge in [-0.25, -0.2) is 0 Å². The number of hydrogen-bond donors (Lipinski definition) is 0. The van der Waals surface area contributed by atoms with Crippen LogP contribution in [0.1, 0.15) is 11.1 Å². The van der Waals surface area contributed by atoms with E-state index in [-0.39, 0.29) is 0 Å². The third kappa shape index (κ3) is 4.92. The lowest BCUT2D eigenvalue weighted by Gasteiger charge is -2.50. The number of nitrogens with zero attached hydrogens (tertiary/aromatic N) is 2. The Morgan fingerprint density at radius 3 is 0.939 bits per heavy atom. The smallest absolute Gasteiger partial charge is 0.188 e. The molecule has 0 saturated heterocycles. The van der Waals surface area contributed by atoms with E-state index in [0.717, 1.165) is 45.7 Å². The third-order valence-corrected chi connectivity index (χ3v) is 14.8. The highest BCUT2D eigenvalue weighted by molar-refractivity contribution is 7.23. The molecular weight excluding hydrogens is 625 g/mol. The van der Waals surface area contributed by atoms with E-state index >= 15 is 0 Å². The predicted molar refractivity (Wildman–Crippen MR) is 201 cm³/mol. The molecule has 7 heteroatoms. The summed E-state index contributed by atoms with van der Waals surface area (Å²) in [4.78, 5) is 4.90. The molecule has 0 radical (unpaired) electrons. The van der Waals surface area contributed by atoms with Gasteiger partial charge in [-0.3, -0.25) is 0 Å². The van der Waals surface area contributed by atoms with Gasteiger partial charge in [0.05, 0.1) is 28.4 Å². The summed E-state index contributed by atoms with van der Waals surface area (Å²) < 4.78 is 23.9. The molecule has 0 amide bonds. The Balaban J connectivity index is 1.51. The molecule has 2 aliphatic heterocycles. The molecule has 2 aliphatic rings. The van der Waals surface area contributed by atoms with Gasteiger partial charge in [0.1, 0.15) is 23.0 Å². The lowest BCUT2D eigenvalue weighted by molar-refractivity contribution is 0.415. The van der Waals surface area contributed by atoms with E-state index in [1.54, 1.807) is 28.4 Å². The molecule has 1 spiro atoms. The van der Waals surface area contributed by atoms with Crippen molar-refractivity contribution in [2.24, 2.45) is 0 Å². The Labute approximate surface area is 288 Å². The molecule has 0 unspecified atom stereocenters. The van der Waals surface area contributed by atoms with E-state index in [0.29, 0.717) is 13.1 Å². The molecule has 8 rings (SSSR count). The highest BCUT2D eigenvalue weighted by Gasteiger charge is 2.54. The number of fused-ring (bicyclic) bond motifs is 8. The average Bonchev–Trinajstić information content (AvgIpc) is 3.17. The van der Waals surface area contributed by atoms with Gasteiger partial charge in [-0.15, -0.1) is 0 Å². The zero-order valence-corrected chi connectivity index (χ0v) is 29.1. The second-order valence-corrected chi connectivity index (χ2v) is 16.1. The molecule has 2 heterocycles. The van der Waals surface area contributed by atoms with Crippen molar-refractivity contribution in [1.82, 2.24) is 0 Å². The van der Waals surface area contributed by atoms with Gasteiger partial charge in [0.2, 0.25) is 0 Å². The van der Waals surface area contributed by atoms with Gasteiger partial charge in [0.25, 0.3) is 0 Å². The number of methoxy groups -OCH3 is 4. The first-order chi connectivity index (χ1) is 24.1. The summed E-state index contributed by atoms with van der Waals surface area (Å²) in [6.45, 7) is 1.42. The Kier molecular flexibility index (Phi) is 7.77. The van der Waals surface area contributed by atoms with Gasteiger partial charge in [-0.05, 0) is 105 Å². The Bertz CT molecular complexity index is 1890. The third-order valence-electron chi connectivity index (χ3n) is 9.96. The van der Waals surface area contributed by atoms with E-state index in [2.05, 4.69) is 143 Å². The average molecular weight is 663 g/mol. The zero-order chi connectivity index (χ0) is 33.5. The van der Waals surface area contributed by atoms with Crippen LogP contribution in [0, 0.1) is 0 Å². The van der Waals surface area contributed by atoms with Gasteiger partial charge in [0.15, 0.2) is 8.07 Å². The maximum atomic E-state index is 5.99. The van der Waals surface area contributed by atoms with E-state index in [4.69, 9.17) is 18.9 Å². The summed E-state index contributed by atoms with van der Waals surface area (Å²) in [7, 11) is 3.81. The largest absolute Gasteiger partial charge is 0.497 e. The zero-order valence-electron chi connectivity index (χ0n) is 28.1. The molecule has 0 bridgehead atoms. The number of benzene rings is 6. The van der Waals surface area contributed by atoms with Crippen LogP contribution in [-0.4, -0.2) is 36.5 Å². The lowest BCUT2D eigenvalue weighted by atomic mass is 10.1. The summed E-state index contributed by atoms with van der Waals surface area (Å²) in [5, 5.41) is 4.97. The monoisotopic (exact) mass is 662 g/mol. The molecule has 0 fully saturated rings. The van der Waals surface area contributed by atoms with Crippen molar-refractivity contribution < 1.29 is 18.9 Å². The number of anilines is 4. The highest BCUT2D eigenvalue weighted by atomic mass is 28.3. The van der Waals surface area contributed by atoms with Crippen LogP contribution in [0.5, 0.6) is 23.0 Å². The first kappa shape index (κ1) is 30.7. The number of hydrogen-bond acceptors (Lipinski definition) is 6. The van der Waals surface area contributed by atoms with Crippen molar-refractivity contribution in [3.63, 3.8) is 0 Å². The van der Waals surface area contributed by atoms with Crippen LogP contribution >= 0.6 is 0 Å². The maximum absolute atomic E-state index is 5.99. The van der Waals surface area contributed by atoms with Crippen molar-refractivity contribution >= 4 is 51.6 Å². The van der Waals surface area contributed by atoms with Crippen LogP contribution in [0.2, 0.25) is 0 Å². The van der Waals surface area contributed by atoms with Gasteiger partial charge < -0.3 is 28.7 Å². The first-order valence-electron chi connectivity index (χ1n) is 16.5. The molecular formula is C42H38N2O4Si. The van der Waals surface area contributed by atoms with Crippen LogP contribution in [0.15, 0.2) is 133 Å². The Morgan fingerprint density at radius 1 is 0.388 bits per heavy atom. The SMILES string of the molecule is COc1ccc2c(c1)[Si]1(c3cc(OC)ccc3N2Cc2ccccc2)c2cc(OC)ccc2N(Cc2ccccc2)c2ccc(OC)cc21. The quantitative estimate of drug-likeness (QED) is 0.176. The summed E-state index contributed by atoms with van der Waals surface area (Å²) >= 11 is 0. The van der Waals surface area contributed by atoms with Gasteiger partial charge in [-0.1, -0.05) is 60.7 Å². The van der Waals surface area contributed by atoms with Crippen molar-refractivity contribution in [2.45, 2.75) is 13.1 Å². The first-order valence-corrected chi connectivity index (χ1v) is 18.5. The normalized spacial score (nSPS) is 13.6. The molecule has 0 saturated carbocycles. The molecule has 0 atom stereocenters. The fourth-order valence-corrected chi connectivity index (χ4v) is 13.3. The fraction of sp³-hybridized carbons (Fsp3) is 0.143. The topological polar surface area (TPSA) is 43.4 Å². The molecule has 0 aromatic heterocycles. The van der Waals surface area contributed by atoms with Gasteiger partial charge >= 0.3 is 0 Å². The number of ether oxygens (including phenoxy) is 4. The summed E-state index contributed by atoms with van der Waals surface area (Å²) in [5.74, 6) is 3.27. The molecule has 244 valence electrons. The predicted octanol–water partition coefficient (Wildman–Crippen LogP) is 6.40. The van der Waals surface area contributed by atoms with E-state index in [9.17, 15) is 0 Å². The van der Waals surface area contributed by atoms with Crippen LogP contribution in [0.3, 0.4) is 0 Å². The summed E-state index contributed by atoms with van der Waals surface area (Å²) in [5.41, 5.74) is 7.10. The lowest BCUT2D eigenvalue weighted by Crippen LogP contribution is -2.79. The van der Waals surface area contributed by atoms with Crippen LogP contribution in [-0.2, 0) is 13.1 Å². The Hall–Kier alpha value is -5.66. The molecule has 49 heavy (non-hydrogen) atoms. The van der Waals surface area contributed by atoms with Crippen molar-refractivity contribution in [2.75, 3.05) is 38.2 Å². The van der Waals surface area contributed by atoms with Gasteiger partial charge in [0, 0.05) is 35.8 Å². The number of rotatable bonds is 8. The Morgan fingerprint density at radius 2 is 0.673 bits per heavy atom. The highest BCUT2D eigenvalue weighted by Crippen LogP contribution is 2.42. The summed E-state index contributed by atoms with van der Waals surface area (Å²) in [6, 6.07) is 47.6. The standard InChI is InChI=1S/C42H38N2O4Si/c1-45-31-15-19-35-39(23-31)49(40-24-32(46-2)16-20-36(40)43(35)27-29-11-7-5-8-12-29)41-25-33(47-3)17-21-37(41)44(28-30-13-9-6-10-14-30)38-22-18-34(48-4)26-42(38)49/h5-26H,27-28H2,1-4H3. The fourth-order valence-electron chi connectivity index (χ4n) is 7.71. The van der Waals surface area contributed by atoms with Crippen LogP contribution in [0.25, 0.3) is 0 Å². The summed E-state index contributed by atoms with van der Waals surface area (Å²) in [6.07, 6.45) is 0. The van der Waals surface area contributed by atoms with Crippen molar-refractivity contribution in [1.29, 1.82) is 0 Å². The molecule has 0 N–H and O–H groups in total. The molecule has 6 aromatic carbocycles. The van der Waals surface area contributed by atoms with Crippen molar-refractivity contribution in [3.05, 3.63) is 145 Å². The van der Waals surface area contributed by atoms with E-state index < -0.39 is 8.07 Å². The molecule has 0 aliphatic carbocycles. The van der Waals surface area contributed by atoms with Gasteiger partial charge in [-0.2, -0.15) is 0 Å². The van der Waals surface area contributed by atoms with Crippen molar-refractivity contribution in [3.8, 4) is 23.0 Å². The molecule has 6 aromatic rings. The van der Waals surface area contributed by atoms with E-state index in [1.165, 1.54) is 31.9 Å². The second-order valence-electron chi connectivity index (χ2n) is 12.4.